The van der Waals surface area contributed by atoms with Gasteiger partial charge in [-0.3, -0.25) is 0 Å². The molecule has 4 rings (SSSR count). The molecule has 0 spiro atoms. The Hall–Kier alpha value is -2.78. The number of alkyl halides is 3. The van der Waals surface area contributed by atoms with Gasteiger partial charge in [-0.15, -0.1) is 0 Å². The van der Waals surface area contributed by atoms with E-state index in [1.165, 1.54) is 10.4 Å². The van der Waals surface area contributed by atoms with E-state index in [-0.39, 0.29) is 11.4 Å². The molecule has 0 saturated heterocycles. The van der Waals surface area contributed by atoms with Crippen molar-refractivity contribution in [2.75, 3.05) is 13.2 Å². The fourth-order valence-electron chi connectivity index (χ4n) is 3.84. The Morgan fingerprint density at radius 1 is 1.03 bits per heavy atom. The number of hydrogen-bond acceptors (Lipinski definition) is 3. The van der Waals surface area contributed by atoms with Crippen LogP contribution in [0.1, 0.15) is 29.8 Å². The highest BCUT2D eigenvalue weighted by molar-refractivity contribution is 7.89. The van der Waals surface area contributed by atoms with Gasteiger partial charge in [0.15, 0.2) is 0 Å². The topological polar surface area (TPSA) is 51.5 Å². The highest BCUT2D eigenvalue weighted by atomic mass is 32.2. The summed E-state index contributed by atoms with van der Waals surface area (Å²) in [6.07, 6.45) is -2.76. The Labute approximate surface area is 178 Å². The van der Waals surface area contributed by atoms with Gasteiger partial charge < -0.3 is 9.30 Å². The third-order valence-corrected chi connectivity index (χ3v) is 7.13. The molecule has 1 atom stereocenters. The van der Waals surface area contributed by atoms with Crippen molar-refractivity contribution in [1.29, 1.82) is 0 Å². The lowest BCUT2D eigenvalue weighted by Crippen LogP contribution is -2.42. The van der Waals surface area contributed by atoms with E-state index in [4.69, 9.17) is 4.74 Å². The van der Waals surface area contributed by atoms with Crippen LogP contribution in [0.25, 0.3) is 0 Å². The van der Waals surface area contributed by atoms with Crippen molar-refractivity contribution in [3.05, 3.63) is 83.7 Å². The molecule has 1 aliphatic heterocycles. The number of aromatic nitrogens is 1. The number of rotatable bonds is 5. The quantitative estimate of drug-likeness (QED) is 0.566. The maximum absolute atomic E-state index is 13.5. The Balaban J connectivity index is 1.79. The predicted octanol–water partition coefficient (Wildman–Crippen LogP) is 4.70. The molecular formula is C22H21F3N2O3S. The number of benzene rings is 2. The molecule has 5 nitrogen and oxygen atoms in total. The average Bonchev–Trinajstić information content (AvgIpc) is 3.22. The van der Waals surface area contributed by atoms with E-state index in [0.29, 0.717) is 30.5 Å². The normalized spacial score (nSPS) is 17.4. The molecule has 2 heterocycles. The Kier molecular flexibility index (Phi) is 5.57. The van der Waals surface area contributed by atoms with Crippen molar-refractivity contribution in [3.8, 4) is 5.75 Å². The van der Waals surface area contributed by atoms with E-state index in [1.807, 2.05) is 29.8 Å². The van der Waals surface area contributed by atoms with Crippen molar-refractivity contribution in [2.45, 2.75) is 30.6 Å². The molecule has 0 saturated carbocycles. The van der Waals surface area contributed by atoms with E-state index in [1.54, 1.807) is 24.3 Å². The molecule has 0 bridgehead atoms. The smallest absolute Gasteiger partial charge is 0.416 e. The first-order valence-electron chi connectivity index (χ1n) is 9.78. The molecule has 0 fully saturated rings. The summed E-state index contributed by atoms with van der Waals surface area (Å²) in [5.41, 5.74) is 0.469. The van der Waals surface area contributed by atoms with Crippen LogP contribution in [0.15, 0.2) is 71.8 Å². The van der Waals surface area contributed by atoms with Crippen molar-refractivity contribution in [3.63, 3.8) is 0 Å². The van der Waals surface area contributed by atoms with Gasteiger partial charge >= 0.3 is 6.18 Å². The number of fused-ring (bicyclic) bond motifs is 1. The van der Waals surface area contributed by atoms with Crippen LogP contribution in [0.3, 0.4) is 0 Å². The summed E-state index contributed by atoms with van der Waals surface area (Å²) < 4.78 is 75.2. The Morgan fingerprint density at radius 2 is 1.77 bits per heavy atom. The summed E-state index contributed by atoms with van der Waals surface area (Å²) in [5.74, 6) is 0.657. The van der Waals surface area contributed by atoms with Crippen molar-refractivity contribution in [2.24, 2.45) is 0 Å². The van der Waals surface area contributed by atoms with Crippen LogP contribution in [0.2, 0.25) is 0 Å². The lowest BCUT2D eigenvalue weighted by Gasteiger charge is -2.36. The van der Waals surface area contributed by atoms with E-state index in [9.17, 15) is 21.6 Å². The summed E-state index contributed by atoms with van der Waals surface area (Å²) in [6, 6.07) is 14.0. The summed E-state index contributed by atoms with van der Waals surface area (Å²) >= 11 is 0. The molecule has 0 aliphatic carbocycles. The first kappa shape index (κ1) is 21.5. The number of ether oxygens (including phenoxy) is 1. The number of nitrogens with zero attached hydrogens (tertiary/aromatic N) is 2. The molecule has 9 heteroatoms. The van der Waals surface area contributed by atoms with Crippen LogP contribution in [0.5, 0.6) is 5.75 Å². The molecule has 0 amide bonds. The molecule has 1 aliphatic rings. The van der Waals surface area contributed by atoms with Gasteiger partial charge in [-0.2, -0.15) is 17.5 Å². The average molecular weight is 450 g/mol. The lowest BCUT2D eigenvalue weighted by atomic mass is 10.0. The molecule has 0 N–H and O–H groups in total. The first-order chi connectivity index (χ1) is 14.7. The van der Waals surface area contributed by atoms with E-state index < -0.39 is 27.8 Å². The SMILES string of the molecule is CCOc1ccc(C2c3cccn3CCN2S(=O)(=O)c2cccc(C(F)(F)F)c2)cc1. The highest BCUT2D eigenvalue weighted by Crippen LogP contribution is 2.38. The third-order valence-electron chi connectivity index (χ3n) is 5.27. The second kappa shape index (κ2) is 8.05. The van der Waals surface area contributed by atoms with Gasteiger partial charge in [-0.1, -0.05) is 18.2 Å². The number of sulfonamides is 1. The molecular weight excluding hydrogens is 429 g/mol. The minimum Gasteiger partial charge on any atom is -0.494 e. The van der Waals surface area contributed by atoms with E-state index in [2.05, 4.69) is 0 Å². The summed E-state index contributed by atoms with van der Waals surface area (Å²) in [7, 11) is -4.19. The van der Waals surface area contributed by atoms with Gasteiger partial charge in [0.25, 0.3) is 0 Å². The van der Waals surface area contributed by atoms with Crippen molar-refractivity contribution < 1.29 is 26.3 Å². The monoisotopic (exact) mass is 450 g/mol. The zero-order valence-corrected chi connectivity index (χ0v) is 17.5. The van der Waals surface area contributed by atoms with Crippen LogP contribution >= 0.6 is 0 Å². The van der Waals surface area contributed by atoms with Gasteiger partial charge in [0.2, 0.25) is 10.0 Å². The minimum atomic E-state index is -4.63. The molecule has 164 valence electrons. The van der Waals surface area contributed by atoms with Crippen LogP contribution in [0, 0.1) is 0 Å². The van der Waals surface area contributed by atoms with Gasteiger partial charge in [-0.05, 0) is 55.0 Å². The summed E-state index contributed by atoms with van der Waals surface area (Å²) in [5, 5.41) is 0. The maximum Gasteiger partial charge on any atom is 0.416 e. The largest absolute Gasteiger partial charge is 0.494 e. The maximum atomic E-state index is 13.5. The zero-order valence-electron chi connectivity index (χ0n) is 16.7. The molecule has 1 unspecified atom stereocenters. The lowest BCUT2D eigenvalue weighted by molar-refractivity contribution is -0.137. The highest BCUT2D eigenvalue weighted by Gasteiger charge is 2.39. The third kappa shape index (κ3) is 4.07. The predicted molar refractivity (Wildman–Crippen MR) is 109 cm³/mol. The van der Waals surface area contributed by atoms with Crippen LogP contribution in [-0.4, -0.2) is 30.4 Å². The minimum absolute atomic E-state index is 0.137. The van der Waals surface area contributed by atoms with E-state index in [0.717, 1.165) is 17.8 Å². The van der Waals surface area contributed by atoms with Crippen LogP contribution in [-0.2, 0) is 22.7 Å². The fraction of sp³-hybridized carbons (Fsp3) is 0.273. The summed E-state index contributed by atoms with van der Waals surface area (Å²) in [6.45, 7) is 2.92. The van der Waals surface area contributed by atoms with Gasteiger partial charge in [0, 0.05) is 25.0 Å². The van der Waals surface area contributed by atoms with E-state index >= 15 is 0 Å². The second-order valence-corrected chi connectivity index (χ2v) is 9.06. The molecule has 1 aromatic heterocycles. The van der Waals surface area contributed by atoms with Crippen LogP contribution < -0.4 is 4.74 Å². The molecule has 31 heavy (non-hydrogen) atoms. The summed E-state index contributed by atoms with van der Waals surface area (Å²) in [4.78, 5) is -0.377. The van der Waals surface area contributed by atoms with Gasteiger partial charge in [0.1, 0.15) is 5.75 Å². The molecule has 2 aromatic carbocycles. The van der Waals surface area contributed by atoms with Crippen molar-refractivity contribution >= 4 is 10.0 Å². The second-order valence-electron chi connectivity index (χ2n) is 7.17. The standard InChI is InChI=1S/C22H21F3N2O3S/c1-2-30-18-10-8-16(9-11-18)21-20-7-4-12-26(20)13-14-27(21)31(28,29)19-6-3-5-17(15-19)22(23,24)25/h3-12,15,21H,2,13-14H2,1H3. The first-order valence-corrected chi connectivity index (χ1v) is 11.2. The zero-order chi connectivity index (χ0) is 22.2. The number of hydrogen-bond donors (Lipinski definition) is 0. The Morgan fingerprint density at radius 3 is 2.45 bits per heavy atom. The van der Waals surface area contributed by atoms with Gasteiger partial charge in [0.05, 0.1) is 23.1 Å². The van der Waals surface area contributed by atoms with Crippen LogP contribution in [0.4, 0.5) is 13.2 Å². The fourth-order valence-corrected chi connectivity index (χ4v) is 5.47. The van der Waals surface area contributed by atoms with Gasteiger partial charge in [-0.25, -0.2) is 8.42 Å². The number of halogens is 3. The van der Waals surface area contributed by atoms with Crippen molar-refractivity contribution in [1.82, 2.24) is 8.87 Å². The molecule has 0 radical (unpaired) electrons. The Bertz CT molecular complexity index is 1170. The molecule has 3 aromatic rings.